The van der Waals surface area contributed by atoms with Crippen molar-refractivity contribution in [1.82, 2.24) is 10.2 Å². The topological polar surface area (TPSA) is 154 Å². The number of amides is 3. The largest absolute Gasteiger partial charge is 0.468 e. The molecule has 11 heteroatoms. The second kappa shape index (κ2) is 11.8. The van der Waals surface area contributed by atoms with E-state index in [1.54, 1.807) is 12.1 Å². The summed E-state index contributed by atoms with van der Waals surface area (Å²) < 4.78 is 14.6. The van der Waals surface area contributed by atoms with Gasteiger partial charge in [0.1, 0.15) is 18.7 Å². The van der Waals surface area contributed by atoms with Crippen LogP contribution in [0.3, 0.4) is 0 Å². The van der Waals surface area contributed by atoms with E-state index in [0.717, 1.165) is 19.8 Å². The van der Waals surface area contributed by atoms with E-state index in [0.29, 0.717) is 19.4 Å². The number of rotatable bonds is 9. The summed E-state index contributed by atoms with van der Waals surface area (Å²) in [4.78, 5) is 63.1. The maximum absolute atomic E-state index is 13.0. The first-order valence-electron chi connectivity index (χ1n) is 10.4. The van der Waals surface area contributed by atoms with Gasteiger partial charge in [-0.05, 0) is 18.4 Å². The molecule has 0 bridgehead atoms. The van der Waals surface area contributed by atoms with Crippen molar-refractivity contribution in [3.8, 4) is 0 Å². The second-order valence-corrected chi connectivity index (χ2v) is 7.66. The van der Waals surface area contributed by atoms with Crippen molar-refractivity contribution in [3.63, 3.8) is 0 Å². The van der Waals surface area contributed by atoms with Crippen LogP contribution in [0.5, 0.6) is 0 Å². The van der Waals surface area contributed by atoms with Crippen molar-refractivity contribution in [3.05, 3.63) is 35.9 Å². The number of nitrogens with two attached hydrogens (primary N) is 1. The van der Waals surface area contributed by atoms with Gasteiger partial charge >= 0.3 is 18.0 Å². The summed E-state index contributed by atoms with van der Waals surface area (Å²) in [5.41, 5.74) is 6.25. The van der Waals surface area contributed by atoms with Crippen LogP contribution in [0, 0.1) is 11.8 Å². The van der Waals surface area contributed by atoms with Gasteiger partial charge in [0, 0.05) is 12.5 Å². The molecule has 0 unspecified atom stereocenters. The highest BCUT2D eigenvalue weighted by molar-refractivity contribution is 5.97. The Hall–Kier alpha value is -3.63. The van der Waals surface area contributed by atoms with Gasteiger partial charge in [-0.25, -0.2) is 4.79 Å². The highest BCUT2D eigenvalue weighted by Crippen LogP contribution is 2.22. The quantitative estimate of drug-likeness (QED) is 0.302. The van der Waals surface area contributed by atoms with Crippen molar-refractivity contribution >= 4 is 29.8 Å². The average molecular weight is 463 g/mol. The Morgan fingerprint density at radius 1 is 1.09 bits per heavy atom. The third-order valence-electron chi connectivity index (χ3n) is 5.56. The SMILES string of the molecule is COC(=O)C(C(=O)OC)[C@H](C)[C@@H](NC(=O)[C@H]1CCCN1C(=O)OCc1ccccc1)C(N)=O. The minimum atomic E-state index is -1.48. The van der Waals surface area contributed by atoms with Crippen molar-refractivity contribution in [1.29, 1.82) is 0 Å². The molecular weight excluding hydrogens is 434 g/mol. The molecule has 1 fully saturated rings. The minimum Gasteiger partial charge on any atom is -0.468 e. The van der Waals surface area contributed by atoms with Crippen molar-refractivity contribution in [2.45, 2.75) is 38.5 Å². The van der Waals surface area contributed by atoms with E-state index in [1.165, 1.54) is 11.8 Å². The Bertz CT molecular complexity index is 860. The molecule has 3 atom stereocenters. The first-order chi connectivity index (χ1) is 15.7. The number of benzene rings is 1. The van der Waals surface area contributed by atoms with E-state index in [9.17, 15) is 24.0 Å². The molecule has 1 saturated heterocycles. The lowest BCUT2D eigenvalue weighted by Gasteiger charge is -2.29. The van der Waals surface area contributed by atoms with Gasteiger partial charge in [0.25, 0.3) is 0 Å². The number of carbonyl (C=O) groups is 5. The van der Waals surface area contributed by atoms with Crippen LogP contribution in [-0.4, -0.2) is 67.6 Å². The summed E-state index contributed by atoms with van der Waals surface area (Å²) in [6, 6.07) is 6.80. The fourth-order valence-corrected chi connectivity index (χ4v) is 3.74. The number of carbonyl (C=O) groups excluding carboxylic acids is 5. The summed E-state index contributed by atoms with van der Waals surface area (Å²) in [5.74, 6) is -6.00. The maximum Gasteiger partial charge on any atom is 0.410 e. The zero-order valence-electron chi connectivity index (χ0n) is 18.8. The summed E-state index contributed by atoms with van der Waals surface area (Å²) in [7, 11) is 2.17. The molecule has 1 aliphatic heterocycles. The zero-order valence-corrected chi connectivity index (χ0v) is 18.8. The normalized spacial score (nSPS) is 17.1. The molecule has 1 aromatic carbocycles. The molecule has 3 N–H and O–H groups in total. The number of esters is 2. The maximum atomic E-state index is 13.0. The smallest absolute Gasteiger partial charge is 0.410 e. The number of likely N-dealkylation sites (tertiary alicyclic amines) is 1. The van der Waals surface area contributed by atoms with Gasteiger partial charge in [-0.1, -0.05) is 37.3 Å². The molecule has 33 heavy (non-hydrogen) atoms. The van der Waals surface area contributed by atoms with Crippen LogP contribution in [0.4, 0.5) is 4.79 Å². The standard InChI is InChI=1S/C22H29N3O8/c1-13(16(20(28)31-2)21(29)32-3)17(18(23)26)24-19(27)15-10-7-11-25(15)22(30)33-12-14-8-5-4-6-9-14/h4-6,8-9,13,15-17H,7,10-12H2,1-3H3,(H2,23,26)(H,24,27)/t13-,15+,17+/m0/s1. The summed E-state index contributed by atoms with van der Waals surface area (Å²) >= 11 is 0. The molecular formula is C22H29N3O8. The van der Waals surface area contributed by atoms with E-state index in [-0.39, 0.29) is 6.61 Å². The first-order valence-corrected chi connectivity index (χ1v) is 10.4. The first kappa shape index (κ1) is 25.6. The number of nitrogens with zero attached hydrogens (tertiary/aromatic N) is 1. The fourth-order valence-electron chi connectivity index (χ4n) is 3.74. The monoisotopic (exact) mass is 463 g/mol. The highest BCUT2D eigenvalue weighted by atomic mass is 16.6. The van der Waals surface area contributed by atoms with Crippen LogP contribution >= 0.6 is 0 Å². The van der Waals surface area contributed by atoms with Crippen LogP contribution in [-0.2, 0) is 40.0 Å². The predicted octanol–water partition coefficient (Wildman–Crippen LogP) is 0.356. The van der Waals surface area contributed by atoms with Crippen LogP contribution in [0.2, 0.25) is 0 Å². The number of nitrogens with one attached hydrogen (secondary N) is 1. The van der Waals surface area contributed by atoms with Crippen LogP contribution in [0.25, 0.3) is 0 Å². The molecule has 1 aromatic rings. The van der Waals surface area contributed by atoms with E-state index >= 15 is 0 Å². The highest BCUT2D eigenvalue weighted by Gasteiger charge is 2.43. The summed E-state index contributed by atoms with van der Waals surface area (Å²) in [6.45, 7) is 1.75. The van der Waals surface area contributed by atoms with Crippen LogP contribution in [0.1, 0.15) is 25.3 Å². The lowest BCUT2D eigenvalue weighted by Crippen LogP contribution is -2.56. The summed E-state index contributed by atoms with van der Waals surface area (Å²) in [5, 5.41) is 2.48. The van der Waals surface area contributed by atoms with Crippen molar-refractivity contribution in [2.24, 2.45) is 17.6 Å². The second-order valence-electron chi connectivity index (χ2n) is 7.66. The number of primary amides is 1. The molecule has 180 valence electrons. The van der Waals surface area contributed by atoms with E-state index in [1.807, 2.05) is 18.2 Å². The van der Waals surface area contributed by atoms with Gasteiger partial charge in [0.05, 0.1) is 14.2 Å². The van der Waals surface area contributed by atoms with E-state index in [2.05, 4.69) is 14.8 Å². The number of hydrogen-bond donors (Lipinski definition) is 2. The summed E-state index contributed by atoms with van der Waals surface area (Å²) in [6.07, 6.45) is 0.244. The molecule has 0 aromatic heterocycles. The Morgan fingerprint density at radius 3 is 2.24 bits per heavy atom. The van der Waals surface area contributed by atoms with Gasteiger partial charge in [-0.2, -0.15) is 0 Å². The lowest BCUT2D eigenvalue weighted by atomic mass is 9.86. The number of ether oxygens (including phenoxy) is 3. The number of hydrogen-bond acceptors (Lipinski definition) is 8. The van der Waals surface area contributed by atoms with Gasteiger partial charge < -0.3 is 25.3 Å². The predicted molar refractivity (Wildman–Crippen MR) is 114 cm³/mol. The molecule has 1 heterocycles. The van der Waals surface area contributed by atoms with Gasteiger partial charge in [-0.15, -0.1) is 0 Å². The molecule has 2 rings (SSSR count). The Labute approximate surface area is 191 Å². The third kappa shape index (κ3) is 6.43. The Kier molecular flexibility index (Phi) is 9.19. The Morgan fingerprint density at radius 2 is 1.70 bits per heavy atom. The molecule has 0 radical (unpaired) electrons. The van der Waals surface area contributed by atoms with Crippen molar-refractivity contribution < 1.29 is 38.2 Å². The van der Waals surface area contributed by atoms with E-state index in [4.69, 9.17) is 10.5 Å². The zero-order chi connectivity index (χ0) is 24.5. The molecule has 3 amide bonds. The van der Waals surface area contributed by atoms with Gasteiger partial charge in [0.2, 0.25) is 11.8 Å². The number of methoxy groups -OCH3 is 2. The van der Waals surface area contributed by atoms with Crippen LogP contribution < -0.4 is 11.1 Å². The average Bonchev–Trinajstić information content (AvgIpc) is 3.31. The molecule has 0 saturated carbocycles. The van der Waals surface area contributed by atoms with Crippen LogP contribution in [0.15, 0.2) is 30.3 Å². The van der Waals surface area contributed by atoms with E-state index < -0.39 is 53.8 Å². The lowest BCUT2D eigenvalue weighted by molar-refractivity contribution is -0.162. The van der Waals surface area contributed by atoms with Crippen molar-refractivity contribution in [2.75, 3.05) is 20.8 Å². The molecule has 0 spiro atoms. The third-order valence-corrected chi connectivity index (χ3v) is 5.56. The fraction of sp³-hybridized carbons (Fsp3) is 0.500. The molecule has 0 aliphatic carbocycles. The Balaban J connectivity index is 2.10. The van der Waals surface area contributed by atoms with Gasteiger partial charge in [0.15, 0.2) is 5.92 Å². The minimum absolute atomic E-state index is 0.0470. The molecule has 11 nitrogen and oxygen atoms in total. The molecule has 1 aliphatic rings. The van der Waals surface area contributed by atoms with Gasteiger partial charge in [-0.3, -0.25) is 24.1 Å².